The van der Waals surface area contributed by atoms with Gasteiger partial charge < -0.3 is 0 Å². The number of piperidine rings is 1. The zero-order valence-electron chi connectivity index (χ0n) is 9.40. The summed E-state index contributed by atoms with van der Waals surface area (Å²) < 4.78 is 0. The summed E-state index contributed by atoms with van der Waals surface area (Å²) in [5.74, 6) is -2.81. The largest absolute Gasteiger partial charge is 0.294 e. The number of rotatable bonds is 0. The van der Waals surface area contributed by atoms with Crippen LogP contribution in [-0.2, 0) is 9.59 Å². The zero-order valence-corrected chi connectivity index (χ0v) is 9.40. The number of hydrogen-bond acceptors (Lipinski definition) is 4. The molecule has 1 N–H and O–H groups in total. The highest BCUT2D eigenvalue weighted by molar-refractivity contribution is 6.03. The molecule has 2 unspecified atom stereocenters. The maximum Gasteiger partial charge on any atom is 0.244 e. The van der Waals surface area contributed by atoms with Crippen LogP contribution in [0, 0.1) is 39.9 Å². The molecule has 88 valence electrons. The summed E-state index contributed by atoms with van der Waals surface area (Å²) >= 11 is 0. The molecule has 0 aromatic rings. The summed E-state index contributed by atoms with van der Waals surface area (Å²) in [4.78, 5) is 23.4. The minimum absolute atomic E-state index is 0.536. The van der Waals surface area contributed by atoms with Crippen molar-refractivity contribution in [3.8, 4) is 12.1 Å². The molecular formula is C12H13N3O2. The Morgan fingerprint density at radius 1 is 1.00 bits per heavy atom. The number of carbonyl (C=O) groups excluding carboxylic acids is 2. The number of imide groups is 1. The normalized spacial score (nSPS) is 31.4. The Morgan fingerprint density at radius 2 is 1.47 bits per heavy atom. The smallest absolute Gasteiger partial charge is 0.244 e. The molecule has 1 aliphatic carbocycles. The monoisotopic (exact) mass is 231 g/mol. The third-order valence-corrected chi connectivity index (χ3v) is 3.96. The lowest BCUT2D eigenvalue weighted by molar-refractivity contribution is -0.146. The summed E-state index contributed by atoms with van der Waals surface area (Å²) in [6.45, 7) is 0. The average molecular weight is 231 g/mol. The Balaban J connectivity index is 2.46. The third-order valence-electron chi connectivity index (χ3n) is 3.96. The predicted octanol–water partition coefficient (Wildman–Crippen LogP) is 0.873. The van der Waals surface area contributed by atoms with E-state index in [9.17, 15) is 9.59 Å². The van der Waals surface area contributed by atoms with Gasteiger partial charge >= 0.3 is 0 Å². The second-order valence-electron chi connectivity index (χ2n) is 4.77. The van der Waals surface area contributed by atoms with Crippen LogP contribution in [0.15, 0.2) is 0 Å². The first-order chi connectivity index (χ1) is 8.15. The quantitative estimate of drug-likeness (QED) is 0.626. The van der Waals surface area contributed by atoms with Gasteiger partial charge in [0.2, 0.25) is 11.8 Å². The molecular weight excluding hydrogens is 218 g/mol. The minimum Gasteiger partial charge on any atom is -0.294 e. The fourth-order valence-corrected chi connectivity index (χ4v) is 3.12. The van der Waals surface area contributed by atoms with Gasteiger partial charge in [0.15, 0.2) is 0 Å². The predicted molar refractivity (Wildman–Crippen MR) is 56.9 cm³/mol. The highest BCUT2D eigenvalue weighted by Crippen LogP contribution is 2.50. The van der Waals surface area contributed by atoms with Gasteiger partial charge in [-0.1, -0.05) is 19.3 Å². The van der Waals surface area contributed by atoms with Crippen LogP contribution in [0.5, 0.6) is 0 Å². The number of carbonyl (C=O) groups is 2. The maximum atomic E-state index is 11.7. The lowest BCUT2D eigenvalue weighted by Gasteiger charge is -2.44. The van der Waals surface area contributed by atoms with E-state index in [1.54, 1.807) is 0 Å². The molecule has 2 atom stereocenters. The summed E-state index contributed by atoms with van der Waals surface area (Å²) in [5, 5.41) is 20.4. The average Bonchev–Trinajstić information content (AvgIpc) is 2.30. The van der Waals surface area contributed by atoms with Gasteiger partial charge in [-0.3, -0.25) is 14.9 Å². The van der Waals surface area contributed by atoms with E-state index in [0.717, 1.165) is 19.3 Å². The number of nitrogens with zero attached hydrogens (tertiary/aromatic N) is 2. The first-order valence-electron chi connectivity index (χ1n) is 5.79. The molecule has 1 saturated heterocycles. The lowest BCUT2D eigenvalue weighted by Crippen LogP contribution is -2.58. The molecule has 1 saturated carbocycles. The number of amides is 2. The Kier molecular flexibility index (Phi) is 2.85. The summed E-state index contributed by atoms with van der Waals surface area (Å²) in [6, 6.07) is 3.97. The van der Waals surface area contributed by atoms with Gasteiger partial charge in [-0.05, 0) is 12.8 Å². The molecule has 2 aliphatic rings. The van der Waals surface area contributed by atoms with Crippen molar-refractivity contribution >= 4 is 11.8 Å². The van der Waals surface area contributed by atoms with E-state index in [0.29, 0.717) is 12.8 Å². The Bertz CT molecular complexity index is 404. The second kappa shape index (κ2) is 4.18. The van der Waals surface area contributed by atoms with E-state index in [1.165, 1.54) is 0 Å². The van der Waals surface area contributed by atoms with Crippen molar-refractivity contribution in [3.63, 3.8) is 0 Å². The molecule has 2 rings (SSSR count). The first kappa shape index (κ1) is 11.6. The molecule has 1 aliphatic heterocycles. The van der Waals surface area contributed by atoms with E-state index in [2.05, 4.69) is 5.32 Å². The molecule has 5 heteroatoms. The van der Waals surface area contributed by atoms with E-state index >= 15 is 0 Å². The van der Waals surface area contributed by atoms with Gasteiger partial charge in [0.25, 0.3) is 0 Å². The molecule has 0 aromatic carbocycles. The van der Waals surface area contributed by atoms with Crippen LogP contribution in [0.2, 0.25) is 0 Å². The first-order valence-corrected chi connectivity index (χ1v) is 5.79. The molecule has 17 heavy (non-hydrogen) atoms. The highest BCUT2D eigenvalue weighted by Gasteiger charge is 2.56. The lowest BCUT2D eigenvalue weighted by atomic mass is 9.57. The van der Waals surface area contributed by atoms with Gasteiger partial charge in [-0.15, -0.1) is 0 Å². The number of nitrogens with one attached hydrogen (secondary N) is 1. The SMILES string of the molecule is N#CC1C(=O)NC(=O)C(C#N)C12CCCCC2. The topological polar surface area (TPSA) is 93.8 Å². The second-order valence-corrected chi connectivity index (χ2v) is 4.77. The van der Waals surface area contributed by atoms with Crippen molar-refractivity contribution in [1.29, 1.82) is 10.5 Å². The number of nitriles is 2. The van der Waals surface area contributed by atoms with Crippen LogP contribution in [0.1, 0.15) is 32.1 Å². The van der Waals surface area contributed by atoms with Crippen molar-refractivity contribution in [2.45, 2.75) is 32.1 Å². The molecule has 0 aromatic heterocycles. The van der Waals surface area contributed by atoms with Crippen LogP contribution < -0.4 is 5.32 Å². The van der Waals surface area contributed by atoms with Crippen LogP contribution in [-0.4, -0.2) is 11.8 Å². The van der Waals surface area contributed by atoms with E-state index < -0.39 is 29.1 Å². The molecule has 0 bridgehead atoms. The fourth-order valence-electron chi connectivity index (χ4n) is 3.12. The van der Waals surface area contributed by atoms with Gasteiger partial charge in [-0.2, -0.15) is 10.5 Å². The van der Waals surface area contributed by atoms with Crippen molar-refractivity contribution < 1.29 is 9.59 Å². The van der Waals surface area contributed by atoms with Crippen LogP contribution >= 0.6 is 0 Å². The van der Waals surface area contributed by atoms with Crippen LogP contribution in [0.3, 0.4) is 0 Å². The van der Waals surface area contributed by atoms with E-state index in [4.69, 9.17) is 10.5 Å². The van der Waals surface area contributed by atoms with Gasteiger partial charge in [-0.25, -0.2) is 0 Å². The van der Waals surface area contributed by atoms with Crippen molar-refractivity contribution in [2.24, 2.45) is 17.3 Å². The van der Waals surface area contributed by atoms with Gasteiger partial charge in [0.1, 0.15) is 11.8 Å². The minimum atomic E-state index is -0.870. The van der Waals surface area contributed by atoms with Crippen LogP contribution in [0.4, 0.5) is 0 Å². The van der Waals surface area contributed by atoms with E-state index in [1.807, 2.05) is 12.1 Å². The molecule has 5 nitrogen and oxygen atoms in total. The van der Waals surface area contributed by atoms with E-state index in [-0.39, 0.29) is 0 Å². The summed E-state index contributed by atoms with van der Waals surface area (Å²) in [5.41, 5.74) is -0.749. The molecule has 0 radical (unpaired) electrons. The Labute approximate surface area is 99.4 Å². The molecule has 1 heterocycles. The molecule has 2 fully saturated rings. The van der Waals surface area contributed by atoms with Crippen LogP contribution in [0.25, 0.3) is 0 Å². The van der Waals surface area contributed by atoms with Gasteiger partial charge in [0.05, 0.1) is 12.1 Å². The Morgan fingerprint density at radius 3 is 1.88 bits per heavy atom. The van der Waals surface area contributed by atoms with Crippen molar-refractivity contribution in [2.75, 3.05) is 0 Å². The van der Waals surface area contributed by atoms with Crippen molar-refractivity contribution in [3.05, 3.63) is 0 Å². The van der Waals surface area contributed by atoms with Gasteiger partial charge in [0, 0.05) is 5.41 Å². The molecule has 2 amide bonds. The summed E-state index contributed by atoms with van der Waals surface area (Å²) in [6.07, 6.45) is 4.01. The third kappa shape index (κ3) is 1.59. The van der Waals surface area contributed by atoms with Crippen molar-refractivity contribution in [1.82, 2.24) is 5.32 Å². The summed E-state index contributed by atoms with van der Waals surface area (Å²) in [7, 11) is 0. The Hall–Kier alpha value is -1.88. The molecule has 1 spiro atoms. The fraction of sp³-hybridized carbons (Fsp3) is 0.667. The zero-order chi connectivity index (χ0) is 12.5. The maximum absolute atomic E-state index is 11.7. The number of hydrogen-bond donors (Lipinski definition) is 1. The standard InChI is InChI=1S/C12H13N3O2/c13-6-8-10(16)15-11(17)9(7-14)12(8)4-2-1-3-5-12/h8-9H,1-5H2,(H,15,16,17). The highest BCUT2D eigenvalue weighted by atomic mass is 16.2.